The Bertz CT molecular complexity index is 1350. The van der Waals surface area contributed by atoms with Crippen LogP contribution in [-0.2, 0) is 34.8 Å². The lowest BCUT2D eigenvalue weighted by Crippen LogP contribution is -2.58. The molecule has 0 aromatic heterocycles. The summed E-state index contributed by atoms with van der Waals surface area (Å²) in [7, 11) is 1.28. The van der Waals surface area contributed by atoms with Crippen LogP contribution in [0.15, 0.2) is 47.1 Å². The zero-order valence-corrected chi connectivity index (χ0v) is 35.9. The third-order valence-electron chi connectivity index (χ3n) is 13.1. The lowest BCUT2D eigenvalue weighted by Gasteiger charge is -2.60. The van der Waals surface area contributed by atoms with Crippen LogP contribution in [0.2, 0.25) is 16.6 Å². The molecule has 8 nitrogen and oxygen atoms in total. The summed E-state index contributed by atoms with van der Waals surface area (Å²) in [5.74, 6) is 0.658. The third kappa shape index (κ3) is 9.69. The normalized spacial score (nSPS) is 27.6. The van der Waals surface area contributed by atoms with Crippen molar-refractivity contribution < 1.29 is 38.0 Å². The minimum absolute atomic E-state index is 0.0539. The standard InChI is InChI=1S/C44H72O8Si/c1-12-50-43(46)38-26-44(9)39-22-17-32(8)42(51-28-47-10)37(39)25-40(45)41(44)36(16-14-24-52-53(29(2)3,30(4)5)31(6)7)35(38)15-13-23-49-27-33-18-20-34(48-11)21-19-33/h17-21,29-31,37-42,45H,12-16,22-28H2,1-11H3/t37-,38+,39+,40+,41-,42-,44-/m0/s1. The maximum atomic E-state index is 14.0. The predicted octanol–water partition coefficient (Wildman–Crippen LogP) is 9.80. The van der Waals surface area contributed by atoms with E-state index in [1.807, 2.05) is 31.2 Å². The molecule has 0 unspecified atom stereocenters. The lowest BCUT2D eigenvalue weighted by atomic mass is 9.46. The molecule has 0 radical (unpaired) electrons. The number of fused-ring (bicyclic) bond motifs is 3. The average Bonchev–Trinajstić information content (AvgIpc) is 3.11. The van der Waals surface area contributed by atoms with Crippen molar-refractivity contribution in [3.63, 3.8) is 0 Å². The smallest absolute Gasteiger partial charge is 0.313 e. The van der Waals surface area contributed by atoms with Gasteiger partial charge in [0, 0.05) is 26.2 Å². The molecule has 0 bridgehead atoms. The lowest BCUT2D eigenvalue weighted by molar-refractivity contribution is -0.162. The zero-order valence-electron chi connectivity index (χ0n) is 34.9. The molecule has 0 spiro atoms. The highest BCUT2D eigenvalue weighted by Crippen LogP contribution is 2.62. The van der Waals surface area contributed by atoms with E-state index in [0.29, 0.717) is 55.9 Å². The number of allylic oxidation sites excluding steroid dienone is 1. The summed E-state index contributed by atoms with van der Waals surface area (Å²) in [6, 6.07) is 7.96. The first-order valence-electron chi connectivity index (χ1n) is 20.4. The van der Waals surface area contributed by atoms with Crippen LogP contribution in [0.25, 0.3) is 0 Å². The van der Waals surface area contributed by atoms with Crippen LogP contribution in [0, 0.1) is 29.1 Å². The molecule has 1 aromatic rings. The summed E-state index contributed by atoms with van der Waals surface area (Å²) >= 11 is 0. The Hall–Kier alpha value is -2.01. The number of carbonyl (C=O) groups is 1. The Kier molecular flexibility index (Phi) is 16.3. The van der Waals surface area contributed by atoms with Crippen LogP contribution in [0.3, 0.4) is 0 Å². The molecule has 1 fully saturated rings. The van der Waals surface area contributed by atoms with Gasteiger partial charge >= 0.3 is 5.97 Å². The number of aliphatic hydroxyl groups is 1. The van der Waals surface area contributed by atoms with E-state index in [1.54, 1.807) is 14.2 Å². The second-order valence-corrected chi connectivity index (χ2v) is 22.5. The van der Waals surface area contributed by atoms with E-state index in [1.165, 1.54) is 11.1 Å². The van der Waals surface area contributed by atoms with E-state index in [9.17, 15) is 9.90 Å². The second-order valence-electron chi connectivity index (χ2n) is 17.1. The zero-order chi connectivity index (χ0) is 38.9. The Labute approximate surface area is 322 Å². The Morgan fingerprint density at radius 2 is 1.60 bits per heavy atom. The first-order chi connectivity index (χ1) is 25.3. The van der Waals surface area contributed by atoms with Crippen LogP contribution in [-0.4, -0.2) is 72.4 Å². The van der Waals surface area contributed by atoms with E-state index in [2.05, 4.69) is 61.5 Å². The molecule has 0 saturated heterocycles. The van der Waals surface area contributed by atoms with Crippen LogP contribution in [0.5, 0.6) is 5.75 Å². The summed E-state index contributed by atoms with van der Waals surface area (Å²) in [6.45, 7) is 22.7. The highest BCUT2D eigenvalue weighted by atomic mass is 28.4. The molecule has 300 valence electrons. The summed E-state index contributed by atoms with van der Waals surface area (Å²) in [4.78, 5) is 14.0. The Morgan fingerprint density at radius 3 is 2.21 bits per heavy atom. The van der Waals surface area contributed by atoms with Crippen LogP contribution in [0.4, 0.5) is 0 Å². The molecule has 3 aliphatic rings. The van der Waals surface area contributed by atoms with Gasteiger partial charge in [0.25, 0.3) is 0 Å². The maximum absolute atomic E-state index is 14.0. The van der Waals surface area contributed by atoms with E-state index < -0.39 is 14.4 Å². The maximum Gasteiger partial charge on any atom is 0.313 e. The molecule has 1 saturated carbocycles. The fraction of sp³-hybridized carbons (Fsp3) is 0.750. The summed E-state index contributed by atoms with van der Waals surface area (Å²) in [5.41, 5.74) is 5.92. The van der Waals surface area contributed by atoms with Gasteiger partial charge < -0.3 is 33.2 Å². The van der Waals surface area contributed by atoms with E-state index >= 15 is 0 Å². The van der Waals surface area contributed by atoms with Crippen LogP contribution in [0.1, 0.15) is 113 Å². The molecular weight excluding hydrogens is 685 g/mol. The molecule has 1 N–H and O–H groups in total. The Morgan fingerprint density at radius 1 is 0.962 bits per heavy atom. The Balaban J connectivity index is 1.67. The van der Waals surface area contributed by atoms with Crippen molar-refractivity contribution in [3.8, 4) is 5.75 Å². The van der Waals surface area contributed by atoms with Gasteiger partial charge in [-0.3, -0.25) is 4.79 Å². The molecule has 53 heavy (non-hydrogen) atoms. The minimum Gasteiger partial charge on any atom is -0.497 e. The number of carbonyl (C=O) groups excluding carboxylic acids is 1. The molecule has 1 aromatic carbocycles. The number of rotatable bonds is 20. The van der Waals surface area contributed by atoms with Gasteiger partial charge in [-0.2, -0.15) is 0 Å². The molecule has 3 aliphatic carbocycles. The molecule has 9 heteroatoms. The molecule has 0 amide bonds. The van der Waals surface area contributed by atoms with Crippen LogP contribution >= 0.6 is 0 Å². The monoisotopic (exact) mass is 756 g/mol. The van der Waals surface area contributed by atoms with Gasteiger partial charge in [-0.1, -0.05) is 77.8 Å². The van der Waals surface area contributed by atoms with Crippen molar-refractivity contribution in [1.29, 1.82) is 0 Å². The first kappa shape index (κ1) is 43.7. The van der Waals surface area contributed by atoms with Crippen LogP contribution < -0.4 is 4.74 Å². The van der Waals surface area contributed by atoms with Crippen molar-refractivity contribution in [2.24, 2.45) is 29.1 Å². The quantitative estimate of drug-likeness (QED) is 0.0463. The second kappa shape index (κ2) is 19.7. The highest BCUT2D eigenvalue weighted by molar-refractivity contribution is 6.77. The molecular formula is C44H72O8Si. The van der Waals surface area contributed by atoms with Crippen molar-refractivity contribution in [2.45, 2.75) is 143 Å². The SMILES string of the molecule is CCOC(=O)[C@@H]1C[C@@]2(C)[C@@H]3CC=C(C)[C@H](OCOC)[C@H]3C[C@@H](O)[C@@H]2C(CCCO[Si](C(C)C)(C(C)C)C(C)C)=C1CCCOCc1ccc(OC)cc1. The van der Waals surface area contributed by atoms with Gasteiger partial charge in [-0.15, -0.1) is 0 Å². The van der Waals surface area contributed by atoms with E-state index in [0.717, 1.165) is 49.0 Å². The van der Waals surface area contributed by atoms with E-state index in [4.69, 9.17) is 28.1 Å². The van der Waals surface area contributed by atoms with Gasteiger partial charge in [0.15, 0.2) is 8.32 Å². The summed E-state index contributed by atoms with van der Waals surface area (Å²) in [6.07, 6.45) is 7.06. The summed E-state index contributed by atoms with van der Waals surface area (Å²) < 4.78 is 36.0. The number of esters is 1. The molecule has 0 aliphatic heterocycles. The number of methoxy groups -OCH3 is 2. The molecule has 0 heterocycles. The fourth-order valence-electron chi connectivity index (χ4n) is 11.0. The van der Waals surface area contributed by atoms with Gasteiger partial charge in [0.1, 0.15) is 12.5 Å². The first-order valence-corrected chi connectivity index (χ1v) is 22.6. The topological polar surface area (TPSA) is 92.7 Å². The highest BCUT2D eigenvalue weighted by Gasteiger charge is 2.59. The van der Waals surface area contributed by atoms with Crippen molar-refractivity contribution in [3.05, 3.63) is 52.6 Å². The molecule has 4 rings (SSSR count). The number of aliphatic hydroxyl groups excluding tert-OH is 1. The van der Waals surface area contributed by atoms with Crippen molar-refractivity contribution >= 4 is 14.3 Å². The third-order valence-corrected chi connectivity index (χ3v) is 19.2. The number of ether oxygens (including phenoxy) is 5. The largest absolute Gasteiger partial charge is 0.497 e. The van der Waals surface area contributed by atoms with Crippen molar-refractivity contribution in [1.82, 2.24) is 0 Å². The fourth-order valence-corrected chi connectivity index (χ4v) is 16.5. The number of hydrogen-bond acceptors (Lipinski definition) is 8. The predicted molar refractivity (Wildman–Crippen MR) is 214 cm³/mol. The van der Waals surface area contributed by atoms with Crippen molar-refractivity contribution in [2.75, 3.05) is 40.8 Å². The van der Waals surface area contributed by atoms with Gasteiger partial charge in [0.2, 0.25) is 0 Å². The van der Waals surface area contributed by atoms with Gasteiger partial charge in [-0.25, -0.2) is 0 Å². The summed E-state index contributed by atoms with van der Waals surface area (Å²) in [5, 5.41) is 12.3. The van der Waals surface area contributed by atoms with Gasteiger partial charge in [0.05, 0.1) is 38.4 Å². The average molecular weight is 757 g/mol. The molecule has 7 atom stereocenters. The van der Waals surface area contributed by atoms with E-state index in [-0.39, 0.29) is 48.0 Å². The number of benzene rings is 1. The minimum atomic E-state index is -2.04. The van der Waals surface area contributed by atoms with Gasteiger partial charge in [-0.05, 0) is 116 Å². The number of hydrogen-bond donors (Lipinski definition) is 1.